The predicted molar refractivity (Wildman–Crippen MR) is 68.3 cm³/mol. The molecular weight excluding hydrogens is 285 g/mol. The van der Waals surface area contributed by atoms with Crippen LogP contribution >= 0.6 is 0 Å². The Morgan fingerprint density at radius 1 is 1.14 bits per heavy atom. The molecule has 0 amide bonds. The standard InChI is InChI=1S/C12H8FN3O5/c13-11-8(3-1-4-9(11)15(17)18)7-21-10-5-2-6-14-12(10)16(19)20/h1-6H,7H2. The summed E-state index contributed by atoms with van der Waals surface area (Å²) in [5.74, 6) is -1.69. The summed E-state index contributed by atoms with van der Waals surface area (Å²) in [5.41, 5.74) is -0.765. The van der Waals surface area contributed by atoms with Crippen LogP contribution in [0.1, 0.15) is 5.56 Å². The van der Waals surface area contributed by atoms with Crippen molar-refractivity contribution in [2.24, 2.45) is 0 Å². The number of hydrogen-bond acceptors (Lipinski definition) is 6. The van der Waals surface area contributed by atoms with Gasteiger partial charge in [-0.2, -0.15) is 4.39 Å². The molecule has 0 bridgehead atoms. The van der Waals surface area contributed by atoms with Gasteiger partial charge in [-0.15, -0.1) is 0 Å². The minimum Gasteiger partial charge on any atom is -0.481 e. The molecule has 21 heavy (non-hydrogen) atoms. The van der Waals surface area contributed by atoms with E-state index in [-0.39, 0.29) is 17.9 Å². The average molecular weight is 293 g/mol. The third kappa shape index (κ3) is 3.08. The molecule has 108 valence electrons. The first-order chi connectivity index (χ1) is 10.0. The summed E-state index contributed by atoms with van der Waals surface area (Å²) in [6, 6.07) is 6.35. The van der Waals surface area contributed by atoms with Crippen LogP contribution in [-0.4, -0.2) is 14.8 Å². The Morgan fingerprint density at radius 3 is 2.57 bits per heavy atom. The van der Waals surface area contributed by atoms with Crippen molar-refractivity contribution in [2.75, 3.05) is 0 Å². The zero-order valence-corrected chi connectivity index (χ0v) is 10.4. The largest absolute Gasteiger partial charge is 0.481 e. The van der Waals surface area contributed by atoms with Crippen LogP contribution in [0.25, 0.3) is 0 Å². The van der Waals surface area contributed by atoms with Crippen molar-refractivity contribution in [2.45, 2.75) is 6.61 Å². The van der Waals surface area contributed by atoms with E-state index >= 15 is 0 Å². The summed E-state index contributed by atoms with van der Waals surface area (Å²) >= 11 is 0. The van der Waals surface area contributed by atoms with Crippen LogP contribution in [0.15, 0.2) is 36.5 Å². The molecule has 0 aliphatic heterocycles. The lowest BCUT2D eigenvalue weighted by Crippen LogP contribution is -2.04. The third-order valence-corrected chi connectivity index (χ3v) is 2.56. The molecule has 9 heteroatoms. The Balaban J connectivity index is 2.23. The molecule has 0 N–H and O–H groups in total. The smallest absolute Gasteiger partial charge is 0.406 e. The van der Waals surface area contributed by atoms with Crippen molar-refractivity contribution in [3.63, 3.8) is 0 Å². The molecule has 8 nitrogen and oxygen atoms in total. The molecule has 1 aromatic carbocycles. The molecule has 2 aromatic rings. The fourth-order valence-electron chi connectivity index (χ4n) is 1.61. The van der Waals surface area contributed by atoms with Crippen molar-refractivity contribution in [1.82, 2.24) is 4.98 Å². The molecule has 0 aliphatic rings. The van der Waals surface area contributed by atoms with Gasteiger partial charge in [-0.05, 0) is 22.0 Å². The van der Waals surface area contributed by atoms with Gasteiger partial charge in [0.25, 0.3) is 0 Å². The Morgan fingerprint density at radius 2 is 1.90 bits per heavy atom. The molecule has 0 unspecified atom stereocenters. The topological polar surface area (TPSA) is 108 Å². The van der Waals surface area contributed by atoms with Gasteiger partial charge >= 0.3 is 11.5 Å². The van der Waals surface area contributed by atoms with Gasteiger partial charge < -0.3 is 14.9 Å². The van der Waals surface area contributed by atoms with E-state index in [1.807, 2.05) is 0 Å². The summed E-state index contributed by atoms with van der Waals surface area (Å²) in [7, 11) is 0. The lowest BCUT2D eigenvalue weighted by Gasteiger charge is -2.07. The Kier molecular flexibility index (Phi) is 4.02. The number of nitro groups is 2. The quantitative estimate of drug-likeness (QED) is 0.619. The SMILES string of the molecule is O=[N+]([O-])c1cccc(COc2cccnc2[N+](=O)[O-])c1F. The lowest BCUT2D eigenvalue weighted by molar-refractivity contribution is -0.390. The van der Waals surface area contributed by atoms with E-state index in [4.69, 9.17) is 4.74 Å². The van der Waals surface area contributed by atoms with E-state index in [0.29, 0.717) is 0 Å². The van der Waals surface area contributed by atoms with Gasteiger partial charge in [-0.25, -0.2) is 0 Å². The normalized spacial score (nSPS) is 10.1. The van der Waals surface area contributed by atoms with Gasteiger partial charge in [0.15, 0.2) is 0 Å². The zero-order chi connectivity index (χ0) is 15.4. The van der Waals surface area contributed by atoms with Crippen molar-refractivity contribution < 1.29 is 19.0 Å². The van der Waals surface area contributed by atoms with E-state index < -0.39 is 27.2 Å². The summed E-state index contributed by atoms with van der Waals surface area (Å²) < 4.78 is 18.9. The fraction of sp³-hybridized carbons (Fsp3) is 0.0833. The van der Waals surface area contributed by atoms with Gasteiger partial charge in [0.1, 0.15) is 12.8 Å². The van der Waals surface area contributed by atoms with Gasteiger partial charge in [-0.1, -0.05) is 12.1 Å². The van der Waals surface area contributed by atoms with Gasteiger partial charge in [0.05, 0.1) is 4.92 Å². The second kappa shape index (κ2) is 5.90. The summed E-state index contributed by atoms with van der Waals surface area (Å²) in [6.07, 6.45) is 1.22. The second-order valence-electron chi connectivity index (χ2n) is 3.88. The highest BCUT2D eigenvalue weighted by Gasteiger charge is 2.20. The maximum atomic E-state index is 13.8. The van der Waals surface area contributed by atoms with E-state index in [1.165, 1.54) is 30.5 Å². The fourth-order valence-corrected chi connectivity index (χ4v) is 1.61. The van der Waals surface area contributed by atoms with Crippen molar-refractivity contribution in [1.29, 1.82) is 0 Å². The predicted octanol–water partition coefficient (Wildman–Crippen LogP) is 2.62. The number of nitrogens with zero attached hydrogens (tertiary/aromatic N) is 3. The molecule has 0 radical (unpaired) electrons. The van der Waals surface area contributed by atoms with Crippen LogP contribution in [-0.2, 0) is 6.61 Å². The molecule has 0 atom stereocenters. The monoisotopic (exact) mass is 293 g/mol. The maximum Gasteiger partial charge on any atom is 0.406 e. The number of halogens is 1. The van der Waals surface area contributed by atoms with Crippen molar-refractivity contribution >= 4 is 11.5 Å². The molecule has 0 spiro atoms. The van der Waals surface area contributed by atoms with Crippen LogP contribution in [0.5, 0.6) is 5.75 Å². The van der Waals surface area contributed by atoms with E-state index in [2.05, 4.69) is 4.98 Å². The van der Waals surface area contributed by atoms with Crippen LogP contribution in [0.4, 0.5) is 15.9 Å². The first-order valence-electron chi connectivity index (χ1n) is 5.64. The second-order valence-corrected chi connectivity index (χ2v) is 3.88. The molecular formula is C12H8FN3O5. The molecule has 0 fully saturated rings. The lowest BCUT2D eigenvalue weighted by atomic mass is 10.2. The highest BCUT2D eigenvalue weighted by atomic mass is 19.1. The average Bonchev–Trinajstić information content (AvgIpc) is 2.46. The molecule has 0 saturated carbocycles. The maximum absolute atomic E-state index is 13.8. The highest BCUT2D eigenvalue weighted by Crippen LogP contribution is 2.26. The number of pyridine rings is 1. The summed E-state index contributed by atoms with van der Waals surface area (Å²) in [6.45, 7) is -0.389. The molecule has 0 aliphatic carbocycles. The van der Waals surface area contributed by atoms with E-state index in [1.54, 1.807) is 0 Å². The number of aromatic nitrogens is 1. The van der Waals surface area contributed by atoms with Crippen LogP contribution in [0.3, 0.4) is 0 Å². The molecule has 2 rings (SSSR count). The first-order valence-corrected chi connectivity index (χ1v) is 5.64. The molecule has 0 saturated heterocycles. The first kappa shape index (κ1) is 14.3. The number of nitro benzene ring substituents is 1. The minimum absolute atomic E-state index is 0.0812. The minimum atomic E-state index is -1.03. The molecule has 1 heterocycles. The van der Waals surface area contributed by atoms with Crippen molar-refractivity contribution in [3.8, 4) is 5.75 Å². The Bertz CT molecular complexity index is 707. The van der Waals surface area contributed by atoms with Gasteiger partial charge in [0, 0.05) is 11.6 Å². The molecule has 1 aromatic heterocycles. The van der Waals surface area contributed by atoms with Crippen molar-refractivity contribution in [3.05, 3.63) is 68.1 Å². The zero-order valence-electron chi connectivity index (χ0n) is 10.4. The number of rotatable bonds is 5. The number of benzene rings is 1. The van der Waals surface area contributed by atoms with Crippen LogP contribution in [0, 0.1) is 26.0 Å². The number of hydrogen-bond donors (Lipinski definition) is 0. The third-order valence-electron chi connectivity index (χ3n) is 2.56. The van der Waals surface area contributed by atoms with E-state index in [9.17, 15) is 24.6 Å². The Hall–Kier alpha value is -3.10. The van der Waals surface area contributed by atoms with E-state index in [0.717, 1.165) is 6.07 Å². The van der Waals surface area contributed by atoms with Gasteiger partial charge in [-0.3, -0.25) is 10.1 Å². The summed E-state index contributed by atoms with van der Waals surface area (Å²) in [5, 5.41) is 21.4. The highest BCUT2D eigenvalue weighted by molar-refractivity contribution is 5.40. The van der Waals surface area contributed by atoms with Gasteiger partial charge in [0.2, 0.25) is 11.6 Å². The number of ether oxygens (including phenoxy) is 1. The summed E-state index contributed by atoms with van der Waals surface area (Å²) in [4.78, 5) is 23.3. The van der Waals surface area contributed by atoms with Crippen LogP contribution in [0.2, 0.25) is 0 Å². The Labute approximate surface area is 117 Å². The van der Waals surface area contributed by atoms with Crippen LogP contribution < -0.4 is 4.74 Å².